The zero-order valence-electron chi connectivity index (χ0n) is 14.8. The number of carbonyl (C=O) groups excluding carboxylic acids is 1. The minimum absolute atomic E-state index is 0.0483. The molecule has 0 amide bonds. The number of carboxylic acid groups (broad SMARTS) is 1. The lowest BCUT2D eigenvalue weighted by molar-refractivity contribution is -0.144. The van der Waals surface area contributed by atoms with Crippen LogP contribution in [-0.2, 0) is 9.53 Å². The van der Waals surface area contributed by atoms with Gasteiger partial charge in [0.1, 0.15) is 0 Å². The van der Waals surface area contributed by atoms with Crippen LogP contribution in [0.4, 0.5) is 5.69 Å². The van der Waals surface area contributed by atoms with E-state index in [0.717, 1.165) is 0 Å². The molecular weight excluding hydrogens is 338 g/mol. The Labute approximate surface area is 151 Å². The van der Waals surface area contributed by atoms with Gasteiger partial charge >= 0.3 is 11.9 Å². The number of esters is 1. The fourth-order valence-corrected chi connectivity index (χ4v) is 2.48. The van der Waals surface area contributed by atoms with E-state index >= 15 is 0 Å². The SMILES string of the molecule is CCOC(=O)C(Nc1cc(OC)c(OC)cc1C(=O)O)c1ccccc1. The summed E-state index contributed by atoms with van der Waals surface area (Å²) in [6.45, 7) is 1.92. The molecule has 2 aromatic rings. The number of carboxylic acids is 1. The van der Waals surface area contributed by atoms with Crippen molar-refractivity contribution in [2.75, 3.05) is 26.1 Å². The number of ether oxygens (including phenoxy) is 3. The lowest BCUT2D eigenvalue weighted by Gasteiger charge is -2.21. The van der Waals surface area contributed by atoms with Gasteiger partial charge in [-0.05, 0) is 12.5 Å². The van der Waals surface area contributed by atoms with Gasteiger partial charge in [-0.3, -0.25) is 0 Å². The fraction of sp³-hybridized carbons (Fsp3) is 0.263. The molecule has 138 valence electrons. The van der Waals surface area contributed by atoms with Crippen LogP contribution in [0.5, 0.6) is 11.5 Å². The van der Waals surface area contributed by atoms with Gasteiger partial charge in [0.05, 0.1) is 32.1 Å². The second kappa shape index (κ2) is 8.75. The molecule has 0 saturated carbocycles. The van der Waals surface area contributed by atoms with E-state index in [0.29, 0.717) is 11.3 Å². The molecule has 0 fully saturated rings. The summed E-state index contributed by atoms with van der Waals surface area (Å²) in [7, 11) is 2.87. The number of nitrogens with one attached hydrogen (secondary N) is 1. The van der Waals surface area contributed by atoms with Crippen molar-refractivity contribution >= 4 is 17.6 Å². The van der Waals surface area contributed by atoms with Crippen LogP contribution < -0.4 is 14.8 Å². The van der Waals surface area contributed by atoms with E-state index in [1.54, 1.807) is 31.2 Å². The summed E-state index contributed by atoms with van der Waals surface area (Å²) in [5.74, 6) is -1.05. The van der Waals surface area contributed by atoms with Crippen molar-refractivity contribution in [2.45, 2.75) is 13.0 Å². The standard InChI is InChI=1S/C19H21NO6/c1-4-26-19(23)17(12-8-6-5-7-9-12)20-14-11-16(25-3)15(24-2)10-13(14)18(21)22/h5-11,17,20H,4H2,1-3H3,(H,21,22). The number of methoxy groups -OCH3 is 2. The highest BCUT2D eigenvalue weighted by molar-refractivity contribution is 5.96. The predicted molar refractivity (Wildman–Crippen MR) is 95.9 cm³/mol. The highest BCUT2D eigenvalue weighted by Crippen LogP contribution is 2.35. The maximum atomic E-state index is 12.4. The number of hydrogen-bond acceptors (Lipinski definition) is 6. The van der Waals surface area contributed by atoms with Crippen molar-refractivity contribution in [1.82, 2.24) is 0 Å². The quantitative estimate of drug-likeness (QED) is 0.699. The molecule has 0 aliphatic carbocycles. The van der Waals surface area contributed by atoms with E-state index in [9.17, 15) is 14.7 Å². The Morgan fingerprint density at radius 3 is 2.23 bits per heavy atom. The van der Waals surface area contributed by atoms with Crippen molar-refractivity contribution < 1.29 is 28.9 Å². The van der Waals surface area contributed by atoms with Crippen molar-refractivity contribution in [3.63, 3.8) is 0 Å². The summed E-state index contributed by atoms with van der Waals surface area (Å²) < 4.78 is 15.5. The normalized spacial score (nSPS) is 11.3. The molecule has 0 saturated heterocycles. The molecule has 0 heterocycles. The van der Waals surface area contributed by atoms with Gasteiger partial charge in [-0.25, -0.2) is 9.59 Å². The van der Waals surface area contributed by atoms with Crippen molar-refractivity contribution in [2.24, 2.45) is 0 Å². The molecular formula is C19H21NO6. The van der Waals surface area contributed by atoms with Gasteiger partial charge in [-0.15, -0.1) is 0 Å². The summed E-state index contributed by atoms with van der Waals surface area (Å²) in [5.41, 5.74) is 0.821. The summed E-state index contributed by atoms with van der Waals surface area (Å²) in [4.78, 5) is 24.1. The molecule has 0 aliphatic rings. The molecule has 0 bridgehead atoms. The van der Waals surface area contributed by atoms with Gasteiger partial charge in [0.2, 0.25) is 0 Å². The minimum Gasteiger partial charge on any atom is -0.493 e. The Balaban J connectivity index is 2.50. The lowest BCUT2D eigenvalue weighted by atomic mass is 10.0. The van der Waals surface area contributed by atoms with Crippen molar-refractivity contribution in [3.05, 3.63) is 53.6 Å². The Bertz CT molecular complexity index is 775. The molecule has 1 atom stereocenters. The molecule has 0 aromatic heterocycles. The highest BCUT2D eigenvalue weighted by Gasteiger charge is 2.25. The predicted octanol–water partition coefficient (Wildman–Crippen LogP) is 3.12. The van der Waals surface area contributed by atoms with E-state index in [2.05, 4.69) is 5.32 Å². The van der Waals surface area contributed by atoms with Gasteiger partial charge in [-0.1, -0.05) is 30.3 Å². The molecule has 2 aromatic carbocycles. The number of benzene rings is 2. The maximum absolute atomic E-state index is 12.4. The van der Waals surface area contributed by atoms with Crippen LogP contribution in [-0.4, -0.2) is 37.9 Å². The van der Waals surface area contributed by atoms with Gasteiger partial charge in [-0.2, -0.15) is 0 Å². The molecule has 2 rings (SSSR count). The van der Waals surface area contributed by atoms with Gasteiger partial charge < -0.3 is 24.6 Å². The summed E-state index contributed by atoms with van der Waals surface area (Å²) in [5, 5.41) is 12.5. The average Bonchev–Trinajstić information content (AvgIpc) is 2.66. The van der Waals surface area contributed by atoms with Crippen LogP contribution in [0.3, 0.4) is 0 Å². The second-order valence-electron chi connectivity index (χ2n) is 5.30. The molecule has 0 spiro atoms. The maximum Gasteiger partial charge on any atom is 0.337 e. The van der Waals surface area contributed by atoms with Crippen LogP contribution in [0.1, 0.15) is 28.9 Å². The van der Waals surface area contributed by atoms with Crippen LogP contribution in [0.15, 0.2) is 42.5 Å². The third-order valence-electron chi connectivity index (χ3n) is 3.71. The number of anilines is 1. The highest BCUT2D eigenvalue weighted by atomic mass is 16.5. The molecule has 1 unspecified atom stereocenters. The molecule has 7 nitrogen and oxygen atoms in total. The van der Waals surface area contributed by atoms with E-state index in [1.807, 2.05) is 6.07 Å². The van der Waals surface area contributed by atoms with E-state index in [4.69, 9.17) is 14.2 Å². The number of rotatable bonds is 8. The van der Waals surface area contributed by atoms with E-state index < -0.39 is 18.0 Å². The second-order valence-corrected chi connectivity index (χ2v) is 5.30. The zero-order valence-corrected chi connectivity index (χ0v) is 14.8. The van der Waals surface area contributed by atoms with Crippen molar-refractivity contribution in [1.29, 1.82) is 0 Å². The van der Waals surface area contributed by atoms with Crippen LogP contribution in [0, 0.1) is 0 Å². The summed E-state index contributed by atoms with van der Waals surface area (Å²) in [6, 6.07) is 10.9. The van der Waals surface area contributed by atoms with Crippen molar-refractivity contribution in [3.8, 4) is 11.5 Å². The van der Waals surface area contributed by atoms with Gasteiger partial charge in [0.25, 0.3) is 0 Å². The largest absolute Gasteiger partial charge is 0.493 e. The van der Waals surface area contributed by atoms with Gasteiger partial charge in [0.15, 0.2) is 17.5 Å². The van der Waals surface area contributed by atoms with Crippen LogP contribution in [0.25, 0.3) is 0 Å². The third-order valence-corrected chi connectivity index (χ3v) is 3.71. The lowest BCUT2D eigenvalue weighted by Crippen LogP contribution is -2.24. The number of aromatic carboxylic acids is 1. The molecule has 26 heavy (non-hydrogen) atoms. The zero-order chi connectivity index (χ0) is 19.1. The number of hydrogen-bond donors (Lipinski definition) is 2. The minimum atomic E-state index is -1.16. The smallest absolute Gasteiger partial charge is 0.337 e. The molecule has 0 radical (unpaired) electrons. The first-order chi connectivity index (χ1) is 12.5. The Kier molecular flexibility index (Phi) is 6.43. The summed E-state index contributed by atoms with van der Waals surface area (Å²) in [6.07, 6.45) is 0. The first-order valence-electron chi connectivity index (χ1n) is 7.99. The fourth-order valence-electron chi connectivity index (χ4n) is 2.48. The van der Waals surface area contributed by atoms with E-state index in [1.165, 1.54) is 26.4 Å². The Hall–Kier alpha value is -3.22. The monoisotopic (exact) mass is 359 g/mol. The Morgan fingerprint density at radius 2 is 1.69 bits per heavy atom. The first-order valence-corrected chi connectivity index (χ1v) is 7.99. The van der Waals surface area contributed by atoms with Crippen LogP contribution >= 0.6 is 0 Å². The average molecular weight is 359 g/mol. The number of carbonyl (C=O) groups is 2. The molecule has 7 heteroatoms. The molecule has 2 N–H and O–H groups in total. The Morgan fingerprint density at radius 1 is 1.08 bits per heavy atom. The van der Waals surface area contributed by atoms with Gasteiger partial charge in [0, 0.05) is 12.1 Å². The first kappa shape index (κ1) is 19.1. The van der Waals surface area contributed by atoms with Crippen LogP contribution in [0.2, 0.25) is 0 Å². The van der Waals surface area contributed by atoms with E-state index in [-0.39, 0.29) is 23.6 Å². The third kappa shape index (κ3) is 4.24. The molecule has 0 aliphatic heterocycles. The topological polar surface area (TPSA) is 94.1 Å². The summed E-state index contributed by atoms with van der Waals surface area (Å²) >= 11 is 0.